The average Bonchev–Trinajstić information content (AvgIpc) is 1.95. The molecule has 0 unspecified atom stereocenters. The van der Waals surface area contributed by atoms with Crippen LogP contribution in [0.3, 0.4) is 0 Å². The number of benzene rings is 1. The monoisotopic (exact) mass is 226 g/mol. The second-order valence-electron chi connectivity index (χ2n) is 2.43. The summed E-state index contributed by atoms with van der Waals surface area (Å²) in [5.41, 5.74) is -3.22. The van der Waals surface area contributed by atoms with Gasteiger partial charge in [0.15, 0.2) is 0 Å². The van der Waals surface area contributed by atoms with Gasteiger partial charge in [0, 0.05) is 11.6 Å². The van der Waals surface area contributed by atoms with Crippen molar-refractivity contribution in [3.63, 3.8) is 0 Å². The van der Waals surface area contributed by atoms with Crippen molar-refractivity contribution in [1.82, 2.24) is 0 Å². The van der Waals surface area contributed by atoms with Crippen molar-refractivity contribution >= 4 is 23.2 Å². The SMILES string of the molecule is Cc1cccc(Cl)c1OC(F)(F)Cl. The van der Waals surface area contributed by atoms with E-state index in [-0.39, 0.29) is 10.8 Å². The molecule has 0 saturated heterocycles. The number of halogens is 4. The molecule has 0 atom stereocenters. The van der Waals surface area contributed by atoms with Crippen LogP contribution in [0.15, 0.2) is 18.2 Å². The Labute approximate surface area is 84.2 Å². The van der Waals surface area contributed by atoms with E-state index >= 15 is 0 Å². The first kappa shape index (κ1) is 10.5. The summed E-state index contributed by atoms with van der Waals surface area (Å²) in [5, 5.41) is 0.111. The molecule has 72 valence electrons. The van der Waals surface area contributed by atoms with Gasteiger partial charge in [-0.15, -0.1) is 8.78 Å². The smallest absolute Gasteiger partial charge is 0.418 e. The van der Waals surface area contributed by atoms with Gasteiger partial charge in [-0.3, -0.25) is 0 Å². The van der Waals surface area contributed by atoms with E-state index in [1.807, 2.05) is 0 Å². The zero-order chi connectivity index (χ0) is 10.1. The summed E-state index contributed by atoms with van der Waals surface area (Å²) < 4.78 is 28.7. The molecule has 1 rings (SSSR count). The second-order valence-corrected chi connectivity index (χ2v) is 3.28. The first-order chi connectivity index (χ1) is 5.90. The normalized spacial score (nSPS) is 11.5. The fourth-order valence-corrected chi connectivity index (χ4v) is 1.20. The number of hydrogen-bond donors (Lipinski definition) is 0. The van der Waals surface area contributed by atoms with Crippen LogP contribution < -0.4 is 4.74 Å². The third-order valence-corrected chi connectivity index (χ3v) is 1.76. The van der Waals surface area contributed by atoms with Crippen LogP contribution in [0.2, 0.25) is 5.02 Å². The Morgan fingerprint density at radius 2 is 2.00 bits per heavy atom. The molecule has 0 aliphatic rings. The lowest BCUT2D eigenvalue weighted by Crippen LogP contribution is -2.16. The minimum absolute atomic E-state index is 0.0934. The molecule has 0 bridgehead atoms. The molecule has 13 heavy (non-hydrogen) atoms. The van der Waals surface area contributed by atoms with E-state index in [2.05, 4.69) is 16.3 Å². The summed E-state index contributed by atoms with van der Waals surface area (Å²) in [5.74, 6) is -0.0934. The molecule has 0 amide bonds. The van der Waals surface area contributed by atoms with Crippen LogP contribution >= 0.6 is 23.2 Å². The molecule has 0 heterocycles. The molecule has 0 fully saturated rings. The topological polar surface area (TPSA) is 9.23 Å². The predicted molar refractivity (Wildman–Crippen MR) is 47.6 cm³/mol. The summed E-state index contributed by atoms with van der Waals surface area (Å²) in [4.78, 5) is 0. The summed E-state index contributed by atoms with van der Waals surface area (Å²) >= 11 is 10.2. The highest BCUT2D eigenvalue weighted by Crippen LogP contribution is 2.33. The quantitative estimate of drug-likeness (QED) is 0.698. The van der Waals surface area contributed by atoms with Crippen LogP contribution in [0.4, 0.5) is 8.78 Å². The molecule has 1 nitrogen and oxygen atoms in total. The summed E-state index contributed by atoms with van der Waals surface area (Å²) in [7, 11) is 0. The van der Waals surface area contributed by atoms with Gasteiger partial charge in [-0.05, 0) is 18.6 Å². The molecular formula is C8H6Cl2F2O. The first-order valence-corrected chi connectivity index (χ1v) is 4.16. The number of aryl methyl sites for hydroxylation is 1. The van der Waals surface area contributed by atoms with Crippen LogP contribution in [-0.2, 0) is 0 Å². The molecule has 5 heteroatoms. The Balaban J connectivity index is 3.00. The number of alkyl halides is 3. The molecule has 0 aromatic heterocycles. The van der Waals surface area contributed by atoms with E-state index in [1.54, 1.807) is 19.1 Å². The Bertz CT molecular complexity index is 289. The minimum Gasteiger partial charge on any atom is -0.418 e. The van der Waals surface area contributed by atoms with Gasteiger partial charge in [0.25, 0.3) is 0 Å². The molecule has 1 aromatic rings. The molecule has 0 spiro atoms. The Hall–Kier alpha value is -0.540. The Kier molecular flexibility index (Phi) is 2.98. The third-order valence-electron chi connectivity index (χ3n) is 1.38. The average molecular weight is 227 g/mol. The van der Waals surface area contributed by atoms with Crippen molar-refractivity contribution in [1.29, 1.82) is 0 Å². The predicted octanol–water partition coefficient (Wildman–Crippen LogP) is 3.82. The zero-order valence-corrected chi connectivity index (χ0v) is 8.16. The molecule has 0 aliphatic heterocycles. The lowest BCUT2D eigenvalue weighted by Gasteiger charge is -2.13. The first-order valence-electron chi connectivity index (χ1n) is 3.41. The highest BCUT2D eigenvalue weighted by atomic mass is 35.5. The fourth-order valence-electron chi connectivity index (χ4n) is 0.862. The number of hydrogen-bond acceptors (Lipinski definition) is 1. The molecule has 1 aromatic carbocycles. The molecule has 0 aliphatic carbocycles. The summed E-state index contributed by atoms with van der Waals surface area (Å²) in [6.45, 7) is 1.60. The van der Waals surface area contributed by atoms with Gasteiger partial charge in [0.05, 0.1) is 5.02 Å². The maximum Gasteiger partial charge on any atom is 0.487 e. The second kappa shape index (κ2) is 3.68. The maximum atomic E-state index is 12.3. The molecular weight excluding hydrogens is 221 g/mol. The number of para-hydroxylation sites is 1. The minimum atomic E-state index is -3.73. The van der Waals surface area contributed by atoms with Gasteiger partial charge in [0.1, 0.15) is 5.75 Å². The van der Waals surface area contributed by atoms with Crippen LogP contribution in [0.1, 0.15) is 5.56 Å². The summed E-state index contributed by atoms with van der Waals surface area (Å²) in [6.07, 6.45) is 0. The number of rotatable bonds is 2. The standard InChI is InChI=1S/C8H6Cl2F2O/c1-5-3-2-4-6(9)7(5)13-8(10,11)12/h2-4H,1H3. The van der Waals surface area contributed by atoms with Crippen molar-refractivity contribution in [2.75, 3.05) is 0 Å². The van der Waals surface area contributed by atoms with E-state index in [0.717, 1.165) is 0 Å². The van der Waals surface area contributed by atoms with Crippen LogP contribution in [0, 0.1) is 6.92 Å². The highest BCUT2D eigenvalue weighted by Gasteiger charge is 2.29. The van der Waals surface area contributed by atoms with Crippen LogP contribution in [0.5, 0.6) is 5.75 Å². The van der Waals surface area contributed by atoms with Gasteiger partial charge in [-0.25, -0.2) is 0 Å². The van der Waals surface area contributed by atoms with Crippen LogP contribution in [-0.4, -0.2) is 5.57 Å². The van der Waals surface area contributed by atoms with Crippen molar-refractivity contribution in [2.45, 2.75) is 12.5 Å². The van der Waals surface area contributed by atoms with Crippen molar-refractivity contribution in [2.24, 2.45) is 0 Å². The van der Waals surface area contributed by atoms with Crippen molar-refractivity contribution in [3.05, 3.63) is 28.8 Å². The van der Waals surface area contributed by atoms with Gasteiger partial charge in [-0.1, -0.05) is 23.7 Å². The van der Waals surface area contributed by atoms with Crippen molar-refractivity contribution in [3.8, 4) is 5.75 Å². The maximum absolute atomic E-state index is 12.3. The van der Waals surface area contributed by atoms with E-state index < -0.39 is 5.57 Å². The largest absolute Gasteiger partial charge is 0.487 e. The van der Waals surface area contributed by atoms with Gasteiger partial charge in [-0.2, -0.15) is 0 Å². The lowest BCUT2D eigenvalue weighted by molar-refractivity contribution is -0.0968. The van der Waals surface area contributed by atoms with E-state index in [1.165, 1.54) is 6.07 Å². The van der Waals surface area contributed by atoms with E-state index in [4.69, 9.17) is 11.6 Å². The Morgan fingerprint density at radius 3 is 2.46 bits per heavy atom. The third kappa shape index (κ3) is 3.01. The molecule has 0 N–H and O–H groups in total. The van der Waals surface area contributed by atoms with Crippen LogP contribution in [0.25, 0.3) is 0 Å². The van der Waals surface area contributed by atoms with Gasteiger partial charge in [0.2, 0.25) is 0 Å². The van der Waals surface area contributed by atoms with Gasteiger partial charge >= 0.3 is 5.57 Å². The van der Waals surface area contributed by atoms with Crippen molar-refractivity contribution < 1.29 is 13.5 Å². The molecule has 0 saturated carbocycles. The highest BCUT2D eigenvalue weighted by molar-refractivity contribution is 6.32. The van der Waals surface area contributed by atoms with E-state index in [9.17, 15) is 8.78 Å². The van der Waals surface area contributed by atoms with Gasteiger partial charge < -0.3 is 4.74 Å². The zero-order valence-electron chi connectivity index (χ0n) is 6.65. The van der Waals surface area contributed by atoms with E-state index in [0.29, 0.717) is 5.56 Å². The fraction of sp³-hybridized carbons (Fsp3) is 0.250. The lowest BCUT2D eigenvalue weighted by atomic mass is 10.2. The Morgan fingerprint density at radius 1 is 1.38 bits per heavy atom. The summed E-state index contributed by atoms with van der Waals surface area (Å²) in [6, 6.07) is 4.69. The number of ether oxygens (including phenoxy) is 1. The molecule has 0 radical (unpaired) electrons.